The highest BCUT2D eigenvalue weighted by atomic mass is 32.2. The molecule has 5 amide bonds. The molecule has 63 heavy (non-hydrogen) atoms. The molecule has 0 unspecified atom stereocenters. The number of hydrogen-bond acceptors (Lipinski definition) is 9. The van der Waals surface area contributed by atoms with Crippen molar-refractivity contribution in [2.75, 3.05) is 6.54 Å². The zero-order chi connectivity index (χ0) is 46.3. The third-order valence-electron chi connectivity index (χ3n) is 11.0. The molecule has 6 rings (SSSR count). The highest BCUT2D eigenvalue weighted by Gasteiger charge is 2.62. The number of halogens is 7. The molecule has 3 aliphatic heterocycles. The maximum Gasteiger partial charge on any atom is 0.416 e. The fourth-order valence-electron chi connectivity index (χ4n) is 7.93. The fourth-order valence-corrected chi connectivity index (χ4v) is 9.08. The van der Waals surface area contributed by atoms with Gasteiger partial charge in [0.25, 0.3) is 5.91 Å². The van der Waals surface area contributed by atoms with E-state index in [1.165, 1.54) is 17.0 Å². The number of carbonyl (C=O) groups is 5. The van der Waals surface area contributed by atoms with Crippen molar-refractivity contribution in [3.8, 4) is 0 Å². The van der Waals surface area contributed by atoms with Crippen molar-refractivity contribution in [1.29, 1.82) is 0 Å². The van der Waals surface area contributed by atoms with Gasteiger partial charge in [0.2, 0.25) is 21.8 Å². The molecule has 0 radical (unpaired) electrons. The molecule has 3 N–H and O–H groups in total. The van der Waals surface area contributed by atoms with E-state index in [9.17, 15) is 63.1 Å². The van der Waals surface area contributed by atoms with Crippen molar-refractivity contribution in [3.05, 3.63) is 82.2 Å². The summed E-state index contributed by atoms with van der Waals surface area (Å²) in [5.74, 6) is -5.96. The number of carbonyl (C=O) groups excluding carboxylic acids is 5. The third kappa shape index (κ3) is 11.4. The van der Waals surface area contributed by atoms with Crippen LogP contribution in [0.3, 0.4) is 0 Å². The van der Waals surface area contributed by atoms with Crippen LogP contribution in [0.15, 0.2) is 48.6 Å². The van der Waals surface area contributed by atoms with Crippen molar-refractivity contribution in [3.63, 3.8) is 0 Å². The van der Waals surface area contributed by atoms with Crippen LogP contribution in [0.2, 0.25) is 0 Å². The lowest BCUT2D eigenvalue weighted by molar-refractivity contribution is -0.143. The van der Waals surface area contributed by atoms with Gasteiger partial charge in [0.1, 0.15) is 35.1 Å². The Bertz CT molecular complexity index is 2250. The van der Waals surface area contributed by atoms with Crippen LogP contribution >= 0.6 is 0 Å². The summed E-state index contributed by atoms with van der Waals surface area (Å²) in [5.41, 5.74) is -6.58. The van der Waals surface area contributed by atoms with Gasteiger partial charge < -0.3 is 25.0 Å². The highest BCUT2D eigenvalue weighted by molar-refractivity contribution is 7.89. The number of benzene rings is 2. The number of fused-ring (bicyclic) bond motifs is 3. The van der Waals surface area contributed by atoms with Gasteiger partial charge in [-0.15, -0.1) is 0 Å². The molecule has 5 atom stereocenters. The normalized spacial score (nSPS) is 24.5. The van der Waals surface area contributed by atoms with Crippen molar-refractivity contribution in [2.24, 2.45) is 5.92 Å². The Hall–Kier alpha value is -5.41. The van der Waals surface area contributed by atoms with Crippen LogP contribution in [-0.4, -0.2) is 84.0 Å². The van der Waals surface area contributed by atoms with Crippen LogP contribution < -0.4 is 15.4 Å². The summed E-state index contributed by atoms with van der Waals surface area (Å²) in [6.45, 7) is 4.36. The molecule has 0 bridgehead atoms. The van der Waals surface area contributed by atoms with Gasteiger partial charge in [-0.05, 0) is 81.8 Å². The maximum absolute atomic E-state index is 14.5. The Morgan fingerprint density at radius 1 is 0.952 bits per heavy atom. The minimum absolute atomic E-state index is 0.0137. The van der Waals surface area contributed by atoms with E-state index in [4.69, 9.17) is 9.47 Å². The van der Waals surface area contributed by atoms with Crippen molar-refractivity contribution in [2.45, 2.75) is 126 Å². The molecule has 1 saturated heterocycles. The summed E-state index contributed by atoms with van der Waals surface area (Å²) in [6.07, 6.45) is -8.66. The van der Waals surface area contributed by atoms with Crippen LogP contribution in [0, 0.1) is 11.7 Å². The lowest BCUT2D eigenvalue weighted by Gasteiger charge is -2.30. The topological polar surface area (TPSA) is 181 Å². The standard InChI is InChI=1S/C41H46F7N5O9S/c1-38(2,3)62-36(57)49-31-13-8-6-4-5-7-11-25-18-39(25,35(56)51-63(59,60)22-23-14-26(40(43,44)45)16-27(15-23)41(46,47)48)50-33(54)32-17-28(20-53(32)34(31)55)61-37(58)52-19-24-10-9-12-30(42)29(24)21-52/h7,9-12,14-16,25,28,31-32H,4-6,8,13,17-22H2,1-3H3,(H,49,57)(H,50,54)(H,51,56)/t25-,28-,31+,32+,39-/m1/s1. The Morgan fingerprint density at radius 2 is 1.63 bits per heavy atom. The quantitative estimate of drug-likeness (QED) is 0.224. The second-order valence-corrected chi connectivity index (χ2v) is 18.8. The molecule has 22 heteroatoms. The zero-order valence-electron chi connectivity index (χ0n) is 34.3. The minimum atomic E-state index is -5.28. The number of amides is 5. The highest BCUT2D eigenvalue weighted by Crippen LogP contribution is 2.46. The zero-order valence-corrected chi connectivity index (χ0v) is 35.1. The molecule has 3 heterocycles. The van der Waals surface area contributed by atoms with Gasteiger partial charge in [-0.1, -0.05) is 37.1 Å². The van der Waals surface area contributed by atoms with E-state index < -0.39 is 116 Å². The van der Waals surface area contributed by atoms with Crippen molar-refractivity contribution >= 4 is 39.9 Å². The number of hydrogen-bond donors (Lipinski definition) is 3. The first-order valence-electron chi connectivity index (χ1n) is 20.1. The van der Waals surface area contributed by atoms with Gasteiger partial charge in [0.15, 0.2) is 0 Å². The number of alkyl halides is 6. The lowest BCUT2D eigenvalue weighted by Crippen LogP contribution is -2.58. The molecule has 344 valence electrons. The van der Waals surface area contributed by atoms with E-state index >= 15 is 0 Å². The van der Waals surface area contributed by atoms with Crippen LogP contribution in [0.25, 0.3) is 0 Å². The first-order valence-corrected chi connectivity index (χ1v) is 21.7. The molecular weight excluding hydrogens is 872 g/mol. The summed E-state index contributed by atoms with van der Waals surface area (Å²) in [4.78, 5) is 71.3. The smallest absolute Gasteiger partial charge is 0.416 e. The van der Waals surface area contributed by atoms with E-state index in [0.29, 0.717) is 36.8 Å². The molecule has 2 fully saturated rings. The van der Waals surface area contributed by atoms with Gasteiger partial charge in [-0.25, -0.2) is 22.4 Å². The summed E-state index contributed by atoms with van der Waals surface area (Å²) in [7, 11) is -5.03. The summed E-state index contributed by atoms with van der Waals surface area (Å²) >= 11 is 0. The Balaban J connectivity index is 1.27. The van der Waals surface area contributed by atoms with Gasteiger partial charge in [0, 0.05) is 24.4 Å². The number of alkyl carbamates (subject to hydrolysis) is 1. The van der Waals surface area contributed by atoms with E-state index in [0.717, 1.165) is 4.90 Å². The van der Waals surface area contributed by atoms with Gasteiger partial charge in [-0.3, -0.25) is 24.0 Å². The predicted octanol–water partition coefficient (Wildman–Crippen LogP) is 6.22. The fraction of sp³-hybridized carbons (Fsp3) is 0.537. The van der Waals surface area contributed by atoms with Crippen molar-refractivity contribution in [1.82, 2.24) is 25.2 Å². The third-order valence-corrected chi connectivity index (χ3v) is 12.2. The molecule has 2 aromatic rings. The monoisotopic (exact) mass is 917 g/mol. The van der Waals surface area contributed by atoms with Crippen LogP contribution in [0.1, 0.15) is 93.5 Å². The number of rotatable bonds is 6. The number of allylic oxidation sites excluding steroid dienone is 1. The Kier molecular flexibility index (Phi) is 13.2. The van der Waals surface area contributed by atoms with Gasteiger partial charge in [0.05, 0.1) is 30.0 Å². The van der Waals surface area contributed by atoms with Crippen LogP contribution in [-0.2, 0) is 65.1 Å². The van der Waals surface area contributed by atoms with Crippen LogP contribution in [0.5, 0.6) is 0 Å². The average Bonchev–Trinajstić information content (AvgIpc) is 3.44. The molecule has 14 nitrogen and oxygen atoms in total. The largest absolute Gasteiger partial charge is 0.444 e. The van der Waals surface area contributed by atoms with E-state index in [1.807, 2.05) is 0 Å². The van der Waals surface area contributed by atoms with Gasteiger partial charge >= 0.3 is 24.5 Å². The molecular formula is C41H46F7N5O9S. The average molecular weight is 918 g/mol. The maximum atomic E-state index is 14.5. The molecule has 0 spiro atoms. The lowest BCUT2D eigenvalue weighted by atomic mass is 10.0. The van der Waals surface area contributed by atoms with Gasteiger partial charge in [-0.2, -0.15) is 26.3 Å². The first-order chi connectivity index (χ1) is 29.2. The number of sulfonamides is 1. The number of ether oxygens (including phenoxy) is 2. The molecule has 1 aliphatic carbocycles. The predicted molar refractivity (Wildman–Crippen MR) is 208 cm³/mol. The SMILES string of the molecule is CC(C)(C)OC(=O)N[C@H]1CCCCCC=C[C@@H]2C[C@@]2(C(=O)NS(=O)(=O)Cc2cc(C(F)(F)F)cc(C(F)(F)F)c2)NC(=O)[C@@H]2C[C@@H](OC(=O)N3Cc4cccc(F)c4C3)CN2C1=O. The summed E-state index contributed by atoms with van der Waals surface area (Å²) in [5, 5.41) is 5.11. The van der Waals surface area contributed by atoms with E-state index in [1.54, 1.807) is 43.7 Å². The Labute approximate surface area is 357 Å². The van der Waals surface area contributed by atoms with E-state index in [-0.39, 0.29) is 57.1 Å². The first kappa shape index (κ1) is 47.1. The second-order valence-electron chi connectivity index (χ2n) is 17.1. The molecule has 0 aromatic heterocycles. The van der Waals surface area contributed by atoms with E-state index in [2.05, 4.69) is 10.6 Å². The molecule has 1 saturated carbocycles. The van der Waals surface area contributed by atoms with Crippen LogP contribution in [0.4, 0.5) is 40.3 Å². The molecule has 2 aromatic carbocycles. The Morgan fingerprint density at radius 3 is 2.27 bits per heavy atom. The summed E-state index contributed by atoms with van der Waals surface area (Å²) in [6, 6.07) is 1.90. The second kappa shape index (κ2) is 17.6. The number of nitrogens with zero attached hydrogens (tertiary/aromatic N) is 2. The summed E-state index contributed by atoms with van der Waals surface area (Å²) < 4.78 is 135. The minimum Gasteiger partial charge on any atom is -0.444 e. The molecule has 4 aliphatic rings. The van der Waals surface area contributed by atoms with Crippen molar-refractivity contribution < 1.29 is 72.6 Å². The number of nitrogens with one attached hydrogen (secondary N) is 3.